The van der Waals surface area contributed by atoms with E-state index in [1.807, 2.05) is 12.1 Å². The normalized spacial score (nSPS) is 19.4. The zero-order chi connectivity index (χ0) is 11.8. The monoisotopic (exact) mass is 232 g/mol. The Bertz CT molecular complexity index is 399. The first-order valence-electron chi connectivity index (χ1n) is 6.48. The summed E-state index contributed by atoms with van der Waals surface area (Å²) in [6.45, 7) is 0. The Balaban J connectivity index is 1.78. The zero-order valence-electron chi connectivity index (χ0n) is 10.3. The summed E-state index contributed by atoms with van der Waals surface area (Å²) in [5.41, 5.74) is 7.87. The van der Waals surface area contributed by atoms with Crippen LogP contribution in [0.5, 0.6) is 5.75 Å². The third kappa shape index (κ3) is 2.19. The summed E-state index contributed by atoms with van der Waals surface area (Å²) >= 11 is 0. The molecule has 0 radical (unpaired) electrons. The minimum absolute atomic E-state index is 0.629. The van der Waals surface area contributed by atoms with Gasteiger partial charge in [0.15, 0.2) is 0 Å². The molecule has 2 fully saturated rings. The van der Waals surface area contributed by atoms with Crippen LogP contribution in [0.4, 0.5) is 11.4 Å². The lowest BCUT2D eigenvalue weighted by atomic mass is 10.1. The van der Waals surface area contributed by atoms with Gasteiger partial charge in [-0.1, -0.05) is 6.07 Å². The van der Waals surface area contributed by atoms with Gasteiger partial charge in [-0.3, -0.25) is 0 Å². The molecule has 2 saturated carbocycles. The lowest BCUT2D eigenvalue weighted by Gasteiger charge is -2.21. The van der Waals surface area contributed by atoms with Gasteiger partial charge in [-0.2, -0.15) is 0 Å². The highest BCUT2D eigenvalue weighted by atomic mass is 16.5. The molecule has 0 bridgehead atoms. The van der Waals surface area contributed by atoms with Crippen LogP contribution >= 0.6 is 0 Å². The second-order valence-electron chi connectivity index (χ2n) is 5.27. The third-order valence-electron chi connectivity index (χ3n) is 3.87. The van der Waals surface area contributed by atoms with Crippen LogP contribution in [0, 0.1) is 11.8 Å². The largest absolute Gasteiger partial charge is 0.495 e. The number of ether oxygens (including phenoxy) is 1. The minimum Gasteiger partial charge on any atom is -0.495 e. The SMILES string of the molecule is COc1cccc(NC(C2CC2)C2CC2)c1N. The molecule has 2 aliphatic rings. The van der Waals surface area contributed by atoms with Crippen molar-refractivity contribution in [3.05, 3.63) is 18.2 Å². The standard InChI is InChI=1S/C14H20N2O/c1-17-12-4-2-3-11(13(12)15)16-14(9-5-6-9)10-7-8-10/h2-4,9-10,14,16H,5-8,15H2,1H3. The molecule has 3 nitrogen and oxygen atoms in total. The number of nitrogens with one attached hydrogen (secondary N) is 1. The lowest BCUT2D eigenvalue weighted by molar-refractivity contribution is 0.417. The smallest absolute Gasteiger partial charge is 0.143 e. The molecule has 2 aliphatic carbocycles. The average Bonchev–Trinajstić information content (AvgIpc) is 3.19. The highest BCUT2D eigenvalue weighted by Crippen LogP contribution is 2.46. The molecule has 92 valence electrons. The number of nitrogens with two attached hydrogens (primary N) is 1. The second-order valence-corrected chi connectivity index (χ2v) is 5.27. The summed E-state index contributed by atoms with van der Waals surface area (Å²) in [7, 11) is 1.66. The van der Waals surface area contributed by atoms with E-state index in [0.717, 1.165) is 29.0 Å². The first-order valence-corrected chi connectivity index (χ1v) is 6.48. The van der Waals surface area contributed by atoms with Crippen molar-refractivity contribution in [2.24, 2.45) is 11.8 Å². The van der Waals surface area contributed by atoms with Gasteiger partial charge in [-0.25, -0.2) is 0 Å². The molecule has 3 rings (SSSR count). The predicted molar refractivity (Wildman–Crippen MR) is 70.3 cm³/mol. The number of anilines is 2. The summed E-state index contributed by atoms with van der Waals surface area (Å²) in [5, 5.41) is 3.64. The summed E-state index contributed by atoms with van der Waals surface area (Å²) in [4.78, 5) is 0. The van der Waals surface area contributed by atoms with Gasteiger partial charge in [0, 0.05) is 6.04 Å². The summed E-state index contributed by atoms with van der Waals surface area (Å²) in [5.74, 6) is 2.50. The topological polar surface area (TPSA) is 47.3 Å². The highest BCUT2D eigenvalue weighted by molar-refractivity contribution is 5.73. The number of para-hydroxylation sites is 1. The molecule has 1 aromatic rings. The molecule has 0 spiro atoms. The molecule has 0 atom stereocenters. The molecule has 0 unspecified atom stereocenters. The van der Waals surface area contributed by atoms with E-state index in [1.54, 1.807) is 7.11 Å². The molecule has 0 saturated heterocycles. The van der Waals surface area contributed by atoms with E-state index in [1.165, 1.54) is 25.7 Å². The first-order chi connectivity index (χ1) is 8.29. The quantitative estimate of drug-likeness (QED) is 0.767. The van der Waals surface area contributed by atoms with Crippen LogP contribution in [-0.2, 0) is 0 Å². The molecule has 0 heterocycles. The van der Waals surface area contributed by atoms with Crippen molar-refractivity contribution in [3.8, 4) is 5.75 Å². The van der Waals surface area contributed by atoms with Crippen LogP contribution < -0.4 is 15.8 Å². The number of rotatable bonds is 5. The van der Waals surface area contributed by atoms with Crippen molar-refractivity contribution in [1.29, 1.82) is 0 Å². The molecule has 0 aromatic heterocycles. The Morgan fingerprint density at radius 2 is 1.88 bits per heavy atom. The van der Waals surface area contributed by atoms with Gasteiger partial charge in [0.1, 0.15) is 5.75 Å². The van der Waals surface area contributed by atoms with E-state index < -0.39 is 0 Å². The van der Waals surface area contributed by atoms with E-state index in [4.69, 9.17) is 10.5 Å². The third-order valence-corrected chi connectivity index (χ3v) is 3.87. The Hall–Kier alpha value is -1.38. The fourth-order valence-corrected chi connectivity index (χ4v) is 2.56. The maximum atomic E-state index is 6.10. The predicted octanol–water partition coefficient (Wildman–Crippen LogP) is 2.88. The second kappa shape index (κ2) is 4.13. The number of benzene rings is 1. The van der Waals surface area contributed by atoms with Crippen LogP contribution in [0.15, 0.2) is 18.2 Å². The van der Waals surface area contributed by atoms with E-state index in [0.29, 0.717) is 6.04 Å². The molecular weight excluding hydrogens is 212 g/mol. The molecule has 17 heavy (non-hydrogen) atoms. The Kier molecular flexibility index (Phi) is 2.61. The number of hydrogen-bond acceptors (Lipinski definition) is 3. The van der Waals surface area contributed by atoms with Gasteiger partial charge < -0.3 is 15.8 Å². The van der Waals surface area contributed by atoms with Gasteiger partial charge in [0.25, 0.3) is 0 Å². The van der Waals surface area contributed by atoms with Gasteiger partial charge in [0.05, 0.1) is 18.5 Å². The molecule has 3 heteroatoms. The number of methoxy groups -OCH3 is 1. The maximum Gasteiger partial charge on any atom is 0.143 e. The minimum atomic E-state index is 0.629. The van der Waals surface area contributed by atoms with Crippen LogP contribution in [0.3, 0.4) is 0 Å². The molecule has 0 amide bonds. The van der Waals surface area contributed by atoms with Crippen LogP contribution in [0.1, 0.15) is 25.7 Å². The molecule has 0 aliphatic heterocycles. The summed E-state index contributed by atoms with van der Waals surface area (Å²) in [6.07, 6.45) is 5.49. The summed E-state index contributed by atoms with van der Waals surface area (Å²) < 4.78 is 5.25. The van der Waals surface area contributed by atoms with Crippen molar-refractivity contribution < 1.29 is 4.74 Å². The Morgan fingerprint density at radius 3 is 2.41 bits per heavy atom. The van der Waals surface area contributed by atoms with E-state index in [2.05, 4.69) is 11.4 Å². The first kappa shape index (κ1) is 10.8. The van der Waals surface area contributed by atoms with Gasteiger partial charge >= 0.3 is 0 Å². The maximum absolute atomic E-state index is 6.10. The van der Waals surface area contributed by atoms with Crippen molar-refractivity contribution >= 4 is 11.4 Å². The van der Waals surface area contributed by atoms with Crippen LogP contribution in [0.25, 0.3) is 0 Å². The fourth-order valence-electron chi connectivity index (χ4n) is 2.56. The number of hydrogen-bond donors (Lipinski definition) is 2. The molecule has 1 aromatic carbocycles. The Morgan fingerprint density at radius 1 is 1.24 bits per heavy atom. The molecule has 3 N–H and O–H groups in total. The number of nitrogen functional groups attached to an aromatic ring is 1. The van der Waals surface area contributed by atoms with Crippen molar-refractivity contribution in [1.82, 2.24) is 0 Å². The average molecular weight is 232 g/mol. The van der Waals surface area contributed by atoms with Gasteiger partial charge in [-0.15, -0.1) is 0 Å². The van der Waals surface area contributed by atoms with Gasteiger partial charge in [-0.05, 0) is 49.7 Å². The fraction of sp³-hybridized carbons (Fsp3) is 0.571. The molecular formula is C14H20N2O. The van der Waals surface area contributed by atoms with Gasteiger partial charge in [0.2, 0.25) is 0 Å². The van der Waals surface area contributed by atoms with E-state index in [-0.39, 0.29) is 0 Å². The van der Waals surface area contributed by atoms with Crippen LogP contribution in [0.2, 0.25) is 0 Å². The van der Waals surface area contributed by atoms with Crippen molar-refractivity contribution in [2.45, 2.75) is 31.7 Å². The van der Waals surface area contributed by atoms with Crippen LogP contribution in [-0.4, -0.2) is 13.2 Å². The Labute approximate surface area is 102 Å². The lowest BCUT2D eigenvalue weighted by Crippen LogP contribution is -2.24. The van der Waals surface area contributed by atoms with Crippen molar-refractivity contribution in [2.75, 3.05) is 18.2 Å². The van der Waals surface area contributed by atoms with E-state index in [9.17, 15) is 0 Å². The summed E-state index contributed by atoms with van der Waals surface area (Å²) in [6, 6.07) is 6.58. The zero-order valence-corrected chi connectivity index (χ0v) is 10.3. The van der Waals surface area contributed by atoms with E-state index >= 15 is 0 Å². The highest BCUT2D eigenvalue weighted by Gasteiger charge is 2.41. The van der Waals surface area contributed by atoms with Crippen molar-refractivity contribution in [3.63, 3.8) is 0 Å².